The molecule has 0 atom stereocenters. The summed E-state index contributed by atoms with van der Waals surface area (Å²) >= 11 is 6.12. The molecule has 2 rings (SSSR count). The molecule has 0 saturated heterocycles. The van der Waals surface area contributed by atoms with Crippen molar-refractivity contribution in [3.63, 3.8) is 0 Å². The predicted molar refractivity (Wildman–Crippen MR) is 74.9 cm³/mol. The molecule has 0 fully saturated rings. The number of aryl methyl sites for hydroxylation is 1. The van der Waals surface area contributed by atoms with E-state index in [4.69, 9.17) is 23.1 Å². The van der Waals surface area contributed by atoms with Crippen LogP contribution in [-0.2, 0) is 17.8 Å². The molecule has 0 radical (unpaired) electrons. The van der Waals surface area contributed by atoms with E-state index in [-0.39, 0.29) is 12.4 Å². The highest BCUT2D eigenvalue weighted by molar-refractivity contribution is 6.32. The van der Waals surface area contributed by atoms with Gasteiger partial charge in [-0.15, -0.1) is 0 Å². The van der Waals surface area contributed by atoms with Gasteiger partial charge < -0.3 is 11.5 Å². The van der Waals surface area contributed by atoms with Crippen LogP contribution < -0.4 is 11.5 Å². The fourth-order valence-corrected chi connectivity index (χ4v) is 2.05. The van der Waals surface area contributed by atoms with Crippen molar-refractivity contribution in [3.8, 4) is 0 Å². The minimum absolute atomic E-state index is 0.0226. The van der Waals surface area contributed by atoms with Crippen LogP contribution in [0.4, 0.5) is 0 Å². The van der Waals surface area contributed by atoms with E-state index in [0.29, 0.717) is 16.1 Å². The minimum Gasteiger partial charge on any atom is -0.370 e. The molecule has 19 heavy (non-hydrogen) atoms. The normalized spacial score (nSPS) is 10.6. The number of hydrogen-bond donors (Lipinski definition) is 2. The molecule has 0 spiro atoms. The molecule has 1 aromatic heterocycles. The van der Waals surface area contributed by atoms with Crippen LogP contribution in [0.15, 0.2) is 23.3 Å². The van der Waals surface area contributed by atoms with Gasteiger partial charge in [0.05, 0.1) is 11.9 Å². The number of nitrogens with two attached hydrogens (primary N) is 2. The van der Waals surface area contributed by atoms with E-state index < -0.39 is 5.91 Å². The second kappa shape index (κ2) is 5.27. The highest BCUT2D eigenvalue weighted by atomic mass is 35.5. The van der Waals surface area contributed by atoms with Crippen LogP contribution in [0.2, 0.25) is 5.02 Å². The fourth-order valence-electron chi connectivity index (χ4n) is 1.83. The maximum absolute atomic E-state index is 11.7. The number of fused-ring (bicyclic) bond motifs is 1. The zero-order valence-electron chi connectivity index (χ0n) is 10.4. The smallest absolute Gasteiger partial charge is 0.253 e. The van der Waals surface area contributed by atoms with E-state index in [9.17, 15) is 4.79 Å². The lowest BCUT2D eigenvalue weighted by Gasteiger charge is -2.02. The van der Waals surface area contributed by atoms with E-state index >= 15 is 0 Å². The summed E-state index contributed by atoms with van der Waals surface area (Å²) in [7, 11) is 0. The lowest BCUT2D eigenvalue weighted by atomic mass is 10.1. The third-order valence-corrected chi connectivity index (χ3v) is 3.03. The minimum atomic E-state index is -0.444. The molecular weight excluding hydrogens is 266 g/mol. The summed E-state index contributed by atoms with van der Waals surface area (Å²) in [4.78, 5) is 15.1. The number of carbonyl (C=O) groups excluding carboxylic acids is 1. The Hall–Kier alpha value is -2.08. The number of aromatic nitrogens is 2. The van der Waals surface area contributed by atoms with Crippen molar-refractivity contribution < 1.29 is 4.79 Å². The zero-order valence-corrected chi connectivity index (χ0v) is 11.2. The number of hydrogen-bond acceptors (Lipinski definition) is 2. The zero-order chi connectivity index (χ0) is 14.0. The van der Waals surface area contributed by atoms with Gasteiger partial charge in [-0.1, -0.05) is 11.6 Å². The first kappa shape index (κ1) is 13.4. The van der Waals surface area contributed by atoms with E-state index in [1.165, 1.54) is 0 Å². The van der Waals surface area contributed by atoms with Gasteiger partial charge in [0.15, 0.2) is 5.96 Å². The molecular formula is C12H14ClN5O. The molecule has 6 nitrogen and oxygen atoms in total. The molecule has 0 bridgehead atoms. The van der Waals surface area contributed by atoms with Crippen LogP contribution in [0.1, 0.15) is 12.5 Å². The van der Waals surface area contributed by atoms with Crippen molar-refractivity contribution in [2.75, 3.05) is 0 Å². The molecule has 0 unspecified atom stereocenters. The van der Waals surface area contributed by atoms with Crippen molar-refractivity contribution in [2.24, 2.45) is 16.5 Å². The van der Waals surface area contributed by atoms with Crippen molar-refractivity contribution >= 4 is 34.4 Å². The van der Waals surface area contributed by atoms with Gasteiger partial charge in [-0.25, -0.2) is 0 Å². The SMILES string of the molecule is CCn1cc2ccc(Cl)c(CC(=O)N=C(N)N)c2n1. The largest absolute Gasteiger partial charge is 0.370 e. The Bertz CT molecular complexity index is 657. The second-order valence-electron chi connectivity index (χ2n) is 4.06. The Balaban J connectivity index is 2.46. The molecule has 4 N–H and O–H groups in total. The summed E-state index contributed by atoms with van der Waals surface area (Å²) in [6.07, 6.45) is 1.93. The lowest BCUT2D eigenvalue weighted by molar-refractivity contribution is -0.117. The van der Waals surface area contributed by atoms with E-state index in [2.05, 4.69) is 10.1 Å². The Morgan fingerprint density at radius 1 is 1.47 bits per heavy atom. The number of carbonyl (C=O) groups is 1. The number of guanidine groups is 1. The van der Waals surface area contributed by atoms with Crippen molar-refractivity contribution in [1.82, 2.24) is 9.78 Å². The maximum atomic E-state index is 11.7. The summed E-state index contributed by atoms with van der Waals surface area (Å²) in [5.41, 5.74) is 11.7. The summed E-state index contributed by atoms with van der Waals surface area (Å²) in [6, 6.07) is 3.61. The number of rotatable bonds is 3. The van der Waals surface area contributed by atoms with Gasteiger partial charge in [0.1, 0.15) is 0 Å². The third kappa shape index (κ3) is 2.85. The number of benzene rings is 1. The topological polar surface area (TPSA) is 99.3 Å². The Morgan fingerprint density at radius 2 is 2.21 bits per heavy atom. The molecule has 0 saturated carbocycles. The summed E-state index contributed by atoms with van der Waals surface area (Å²) < 4.78 is 1.79. The van der Waals surface area contributed by atoms with Crippen LogP contribution in [-0.4, -0.2) is 21.6 Å². The van der Waals surface area contributed by atoms with Gasteiger partial charge in [-0.3, -0.25) is 9.48 Å². The number of amides is 1. The summed E-state index contributed by atoms with van der Waals surface area (Å²) in [6.45, 7) is 2.73. The Morgan fingerprint density at radius 3 is 2.84 bits per heavy atom. The van der Waals surface area contributed by atoms with Crippen molar-refractivity contribution in [1.29, 1.82) is 0 Å². The summed E-state index contributed by atoms with van der Waals surface area (Å²) in [5.74, 6) is -0.701. The quantitative estimate of drug-likeness (QED) is 0.648. The van der Waals surface area contributed by atoms with Crippen LogP contribution in [0.25, 0.3) is 10.9 Å². The first-order valence-electron chi connectivity index (χ1n) is 5.78. The highest BCUT2D eigenvalue weighted by Gasteiger charge is 2.13. The van der Waals surface area contributed by atoms with E-state index in [1.54, 1.807) is 10.7 Å². The average Bonchev–Trinajstić information content (AvgIpc) is 2.75. The molecule has 0 aliphatic carbocycles. The monoisotopic (exact) mass is 279 g/mol. The van der Waals surface area contributed by atoms with Gasteiger partial charge in [0, 0.05) is 28.7 Å². The number of aliphatic imine (C=N–C) groups is 1. The Kier molecular flexibility index (Phi) is 3.71. The van der Waals surface area contributed by atoms with Crippen molar-refractivity contribution in [2.45, 2.75) is 19.9 Å². The maximum Gasteiger partial charge on any atom is 0.253 e. The molecule has 1 heterocycles. The molecule has 2 aromatic rings. The highest BCUT2D eigenvalue weighted by Crippen LogP contribution is 2.25. The molecule has 1 amide bonds. The van der Waals surface area contributed by atoms with Gasteiger partial charge in [0.25, 0.3) is 5.91 Å². The standard InChI is InChI=1S/C12H14ClN5O/c1-2-18-6-7-3-4-9(13)8(11(7)17-18)5-10(19)16-12(14)15/h3-4,6H,2,5H2,1H3,(H4,14,15,16,19). The molecule has 0 aliphatic heterocycles. The molecule has 100 valence electrons. The Labute approximate surface area is 115 Å². The van der Waals surface area contributed by atoms with Gasteiger partial charge in [-0.2, -0.15) is 10.1 Å². The molecule has 1 aromatic carbocycles. The van der Waals surface area contributed by atoms with E-state index in [1.807, 2.05) is 19.2 Å². The summed E-state index contributed by atoms with van der Waals surface area (Å²) in [5, 5.41) is 5.80. The van der Waals surface area contributed by atoms with Gasteiger partial charge in [0.2, 0.25) is 0 Å². The lowest BCUT2D eigenvalue weighted by Crippen LogP contribution is -2.24. The number of nitrogens with zero attached hydrogens (tertiary/aromatic N) is 3. The molecule has 0 aliphatic rings. The average molecular weight is 280 g/mol. The van der Waals surface area contributed by atoms with Gasteiger partial charge >= 0.3 is 0 Å². The van der Waals surface area contributed by atoms with Crippen LogP contribution >= 0.6 is 11.6 Å². The predicted octanol–water partition coefficient (Wildman–Crippen LogP) is 1.05. The first-order valence-corrected chi connectivity index (χ1v) is 6.16. The second-order valence-corrected chi connectivity index (χ2v) is 4.46. The fraction of sp³-hybridized carbons (Fsp3) is 0.250. The van der Waals surface area contributed by atoms with Crippen LogP contribution in [0.3, 0.4) is 0 Å². The van der Waals surface area contributed by atoms with E-state index in [0.717, 1.165) is 11.9 Å². The van der Waals surface area contributed by atoms with Gasteiger partial charge in [-0.05, 0) is 19.1 Å². The third-order valence-electron chi connectivity index (χ3n) is 2.68. The van der Waals surface area contributed by atoms with Crippen LogP contribution in [0, 0.1) is 0 Å². The van der Waals surface area contributed by atoms with Crippen molar-refractivity contribution in [3.05, 3.63) is 28.9 Å². The first-order chi connectivity index (χ1) is 9.01. The molecule has 7 heteroatoms. The number of halogens is 1. The van der Waals surface area contributed by atoms with Crippen LogP contribution in [0.5, 0.6) is 0 Å².